The zero-order valence-corrected chi connectivity index (χ0v) is 28.3. The minimum absolute atomic E-state index is 0.0135. The molecule has 13 heteroatoms. The second kappa shape index (κ2) is 15.4. The molecule has 0 fully saturated rings. The summed E-state index contributed by atoms with van der Waals surface area (Å²) in [5, 5.41) is 0. The number of carbonyl (C=O) groups excluding carboxylic acids is 1. The van der Waals surface area contributed by atoms with Crippen molar-refractivity contribution in [3.05, 3.63) is 12.2 Å². The third-order valence-electron chi connectivity index (χ3n) is 5.57. The van der Waals surface area contributed by atoms with E-state index in [1.165, 1.54) is 12.8 Å². The van der Waals surface area contributed by atoms with Crippen LogP contribution in [0, 0.1) is 0 Å². The summed E-state index contributed by atoms with van der Waals surface area (Å²) >= 11 is 0. The zero-order chi connectivity index (χ0) is 28.3. The molecule has 214 valence electrons. The molecule has 0 aliphatic rings. The largest absolute Gasteiger partial charge is 0.756 e. The zero-order valence-electron chi connectivity index (χ0n) is 24.4. The number of carbonyl (C=O) groups is 1. The summed E-state index contributed by atoms with van der Waals surface area (Å²) in [6.45, 7) is 21.6. The number of likely N-dealkylation sites (N-methyl/N-ethyl adjacent to an activating group) is 1. The van der Waals surface area contributed by atoms with Gasteiger partial charge in [-0.25, -0.2) is 4.79 Å². The van der Waals surface area contributed by atoms with Gasteiger partial charge in [0.05, 0.1) is 20.7 Å². The molecule has 0 N–H and O–H groups in total. The Bertz CT molecular complexity index is 747. The van der Waals surface area contributed by atoms with E-state index in [0.29, 0.717) is 29.6 Å². The van der Waals surface area contributed by atoms with Crippen LogP contribution < -0.4 is 4.89 Å². The fraction of sp³-hybridized carbons (Fsp3) is 0.870. The van der Waals surface area contributed by atoms with E-state index in [0.717, 1.165) is 12.1 Å². The number of nitrogens with zero attached hydrogens (tertiary/aromatic N) is 1. The number of esters is 1. The van der Waals surface area contributed by atoms with E-state index in [2.05, 4.69) is 52.8 Å². The molecule has 0 spiro atoms. The van der Waals surface area contributed by atoms with Crippen molar-refractivity contribution in [3.63, 3.8) is 0 Å². The van der Waals surface area contributed by atoms with Crippen LogP contribution in [0.4, 0.5) is 0 Å². The van der Waals surface area contributed by atoms with Crippen LogP contribution in [0.5, 0.6) is 0 Å². The Morgan fingerprint density at radius 3 is 1.86 bits per heavy atom. The molecule has 9 nitrogen and oxygen atoms in total. The second-order valence-corrected chi connectivity index (χ2v) is 25.6. The van der Waals surface area contributed by atoms with E-state index in [-0.39, 0.29) is 19.8 Å². The first-order valence-corrected chi connectivity index (χ1v) is 23.4. The Kier molecular flexibility index (Phi) is 15.4. The predicted molar refractivity (Wildman–Crippen MR) is 151 cm³/mol. The molecule has 0 saturated heterocycles. The van der Waals surface area contributed by atoms with Gasteiger partial charge < -0.3 is 31.4 Å². The van der Waals surface area contributed by atoms with Crippen molar-refractivity contribution in [2.45, 2.75) is 84.5 Å². The van der Waals surface area contributed by atoms with E-state index >= 15 is 0 Å². The second-order valence-electron chi connectivity index (χ2n) is 11.7. The number of ether oxygens (including phenoxy) is 1. The van der Waals surface area contributed by atoms with Crippen LogP contribution in [0.15, 0.2) is 12.2 Å². The number of phosphoric acid groups is 1. The highest BCUT2D eigenvalue weighted by Crippen LogP contribution is 2.38. The van der Waals surface area contributed by atoms with Crippen LogP contribution in [0.2, 0.25) is 51.4 Å². The van der Waals surface area contributed by atoms with Gasteiger partial charge in [0.2, 0.25) is 0 Å². The summed E-state index contributed by atoms with van der Waals surface area (Å²) in [7, 11) is -6.64. The summed E-state index contributed by atoms with van der Waals surface area (Å²) in [5.41, 5.74) is 0.345. The summed E-state index contributed by atoms with van der Waals surface area (Å²) < 4.78 is 40.9. The van der Waals surface area contributed by atoms with E-state index < -0.39 is 39.0 Å². The molecule has 0 aromatic carbocycles. The van der Waals surface area contributed by atoms with Crippen LogP contribution in [0.3, 0.4) is 0 Å². The Morgan fingerprint density at radius 1 is 0.889 bits per heavy atom. The van der Waals surface area contributed by atoms with Crippen LogP contribution in [-0.2, 0) is 31.4 Å². The minimum atomic E-state index is -4.39. The first-order chi connectivity index (χ1) is 16.2. The molecule has 0 bridgehead atoms. The first-order valence-electron chi connectivity index (χ1n) is 12.9. The molecule has 0 aliphatic carbocycles. The molecule has 1 unspecified atom stereocenters. The molecule has 0 rings (SSSR count). The van der Waals surface area contributed by atoms with Crippen LogP contribution in [-0.4, -0.2) is 82.7 Å². The van der Waals surface area contributed by atoms with Gasteiger partial charge in [-0.3, -0.25) is 4.57 Å². The highest BCUT2D eigenvalue weighted by atomic mass is 31.2. The Hall–Kier alpha value is -0.149. The summed E-state index contributed by atoms with van der Waals surface area (Å²) in [4.78, 5) is 23.6. The van der Waals surface area contributed by atoms with Crippen molar-refractivity contribution in [1.29, 1.82) is 0 Å². The topological polar surface area (TPSA) is 103 Å². The fourth-order valence-corrected chi connectivity index (χ4v) is 18.7. The Balaban J connectivity index is 4.40. The van der Waals surface area contributed by atoms with Crippen molar-refractivity contribution in [2.75, 3.05) is 47.0 Å². The van der Waals surface area contributed by atoms with Gasteiger partial charge in [0.25, 0.3) is 7.82 Å². The maximum atomic E-state index is 12.2. The maximum absolute atomic E-state index is 12.2. The van der Waals surface area contributed by atoms with Gasteiger partial charge in [0.15, 0.2) is 16.6 Å². The third kappa shape index (κ3) is 18.2. The van der Waals surface area contributed by atoms with Gasteiger partial charge in [0, 0.05) is 5.57 Å². The molecule has 0 aromatic heterocycles. The molecule has 0 amide bonds. The average molecular weight is 586 g/mol. The molecular weight excluding hydrogens is 533 g/mol. The Labute approximate surface area is 223 Å². The smallest absolute Gasteiger partial charge is 0.333 e. The monoisotopic (exact) mass is 585 g/mol. The number of rotatable bonds is 20. The number of hydrogen-bond donors (Lipinski definition) is 0. The number of phosphoric ester groups is 1. The van der Waals surface area contributed by atoms with E-state index in [1.54, 1.807) is 6.92 Å². The number of hydrogen-bond acceptors (Lipinski definition) is 8. The van der Waals surface area contributed by atoms with Gasteiger partial charge in [-0.1, -0.05) is 26.3 Å². The number of quaternary nitrogens is 1. The quantitative estimate of drug-likeness (QED) is 0.0490. The van der Waals surface area contributed by atoms with Crippen molar-refractivity contribution >= 4 is 39.0 Å². The third-order valence-corrected chi connectivity index (χ3v) is 18.0. The molecule has 1 atom stereocenters. The lowest BCUT2D eigenvalue weighted by Gasteiger charge is -2.39. The summed E-state index contributed by atoms with van der Waals surface area (Å²) in [5.74, 6) is -0.434. The maximum Gasteiger partial charge on any atom is 0.333 e. The van der Waals surface area contributed by atoms with Crippen molar-refractivity contribution in [2.24, 2.45) is 0 Å². The molecule has 0 heterocycles. The summed E-state index contributed by atoms with van der Waals surface area (Å²) in [6, 6.07) is 1.91. The minimum Gasteiger partial charge on any atom is -0.756 e. The van der Waals surface area contributed by atoms with E-state index in [9.17, 15) is 14.3 Å². The molecule has 0 aliphatic heterocycles. The lowest BCUT2D eigenvalue weighted by atomic mass is 10.4. The normalized spacial score (nSPS) is 15.0. The van der Waals surface area contributed by atoms with Crippen molar-refractivity contribution < 1.29 is 40.8 Å². The predicted octanol–water partition coefficient (Wildman–Crippen LogP) is 5.02. The van der Waals surface area contributed by atoms with Crippen LogP contribution >= 0.6 is 7.82 Å². The average Bonchev–Trinajstić information content (AvgIpc) is 2.67. The molecule has 0 radical (unpaired) electrons. The Morgan fingerprint density at radius 2 is 1.36 bits per heavy atom. The molecule has 0 aromatic rings. The number of unbranched alkanes of at least 4 members (excludes halogenated alkanes) is 1. The van der Waals surface area contributed by atoms with Crippen molar-refractivity contribution in [1.82, 2.24) is 0 Å². The van der Waals surface area contributed by atoms with Gasteiger partial charge in [-0.15, -0.1) is 0 Å². The lowest BCUT2D eigenvalue weighted by molar-refractivity contribution is -0.890. The van der Waals surface area contributed by atoms with Gasteiger partial charge in [-0.05, 0) is 64.7 Å². The van der Waals surface area contributed by atoms with Crippen molar-refractivity contribution in [3.8, 4) is 0 Å². The summed E-state index contributed by atoms with van der Waals surface area (Å²) in [6.07, 6.45) is 2.92. The van der Waals surface area contributed by atoms with Crippen LogP contribution in [0.1, 0.15) is 33.1 Å². The van der Waals surface area contributed by atoms with E-state index in [4.69, 9.17) is 22.0 Å². The molecular formula is C23H52NO8PSi3. The van der Waals surface area contributed by atoms with Crippen LogP contribution in [0.25, 0.3) is 0 Å². The highest BCUT2D eigenvalue weighted by molar-refractivity contribution is 7.45. The van der Waals surface area contributed by atoms with Gasteiger partial charge >= 0.3 is 14.5 Å². The standard InChI is InChI=1S/C23H52NO8PSi3/c1-12-13-20-34(6,7)31-36(10,11)32-35(8,9)21-14-17-29-33(26,27)30-19-16-24(4,5)15-18-28-23(25)22(2)3/h2,12-21H2,1,3-11H3. The molecule has 36 heavy (non-hydrogen) atoms. The lowest BCUT2D eigenvalue weighted by Crippen LogP contribution is -2.52. The van der Waals surface area contributed by atoms with Gasteiger partial charge in [0.1, 0.15) is 26.3 Å². The molecule has 0 saturated carbocycles. The first kappa shape index (κ1) is 35.9. The fourth-order valence-electron chi connectivity index (χ4n) is 3.79. The highest BCUT2D eigenvalue weighted by Gasteiger charge is 2.39. The SMILES string of the molecule is C=C(C)C(=O)OCC[N+](C)(C)CCOP(=O)([O-])OCCC[Si](C)(C)O[Si](C)(C)O[Si](C)(C)CCCC. The van der Waals surface area contributed by atoms with Gasteiger partial charge in [-0.2, -0.15) is 0 Å². The van der Waals surface area contributed by atoms with E-state index in [1.807, 2.05) is 14.1 Å².